The van der Waals surface area contributed by atoms with E-state index in [1.54, 1.807) is 0 Å². The molecule has 1 aromatic rings. The molecule has 6 nitrogen and oxygen atoms in total. The van der Waals surface area contributed by atoms with Gasteiger partial charge in [0, 0.05) is 24.5 Å². The van der Waals surface area contributed by atoms with Crippen LogP contribution in [0.25, 0.3) is 0 Å². The predicted molar refractivity (Wildman–Crippen MR) is 97.6 cm³/mol. The molecule has 25 heavy (non-hydrogen) atoms. The molecule has 1 saturated carbocycles. The highest BCUT2D eigenvalue weighted by atomic mass is 16.4. The Balaban J connectivity index is 1.88. The fourth-order valence-electron chi connectivity index (χ4n) is 3.27. The fraction of sp³-hybridized carbons (Fsp3) is 0.579. The first-order valence-corrected chi connectivity index (χ1v) is 8.89. The largest absolute Gasteiger partial charge is 0.481 e. The quantitative estimate of drug-likeness (QED) is 0.640. The molecule has 1 atom stereocenters. The molecule has 1 aromatic carbocycles. The molecule has 3 N–H and O–H groups in total. The van der Waals surface area contributed by atoms with Gasteiger partial charge in [-0.3, -0.25) is 4.79 Å². The summed E-state index contributed by atoms with van der Waals surface area (Å²) in [6.07, 6.45) is 4.45. The zero-order valence-electron chi connectivity index (χ0n) is 15.1. The maximum atomic E-state index is 12.3. The Hall–Kier alpha value is -2.08. The van der Waals surface area contributed by atoms with Crippen molar-refractivity contribution in [2.45, 2.75) is 50.1 Å². The van der Waals surface area contributed by atoms with Crippen LogP contribution in [0, 0.1) is 0 Å². The molecular weight excluding hydrogens is 318 g/mol. The number of carboxylic acids is 1. The number of nitrogens with one attached hydrogen (secondary N) is 2. The number of amides is 2. The normalized spacial score (nSPS) is 16.8. The number of hydrogen-bond donors (Lipinski definition) is 3. The van der Waals surface area contributed by atoms with Crippen LogP contribution in [0.5, 0.6) is 0 Å². The first-order chi connectivity index (χ1) is 11.9. The number of carbonyl (C=O) groups excluding carboxylic acids is 1. The summed E-state index contributed by atoms with van der Waals surface area (Å²) in [7, 11) is 4.09. The first-order valence-electron chi connectivity index (χ1n) is 8.89. The minimum Gasteiger partial charge on any atom is -0.481 e. The van der Waals surface area contributed by atoms with Crippen LogP contribution in [0.4, 0.5) is 4.79 Å². The van der Waals surface area contributed by atoms with Crippen molar-refractivity contribution >= 4 is 12.0 Å². The average molecular weight is 347 g/mol. The van der Waals surface area contributed by atoms with E-state index in [1.807, 2.05) is 44.4 Å². The highest BCUT2D eigenvalue weighted by molar-refractivity contribution is 5.74. The van der Waals surface area contributed by atoms with E-state index in [1.165, 1.54) is 6.42 Å². The summed E-state index contributed by atoms with van der Waals surface area (Å²) in [4.78, 5) is 25.4. The van der Waals surface area contributed by atoms with E-state index < -0.39 is 5.97 Å². The molecule has 0 saturated heterocycles. The summed E-state index contributed by atoms with van der Waals surface area (Å²) >= 11 is 0. The molecule has 0 aliphatic heterocycles. The average Bonchev–Trinajstić information content (AvgIpc) is 2.52. The maximum Gasteiger partial charge on any atom is 0.315 e. The Kier molecular flexibility index (Phi) is 6.82. The maximum absolute atomic E-state index is 12.3. The monoisotopic (exact) mass is 347 g/mol. The minimum absolute atomic E-state index is 0.0411. The highest BCUT2D eigenvalue weighted by Gasteiger charge is 2.39. The number of carboxylic acid groups (broad SMARTS) is 1. The Bertz CT molecular complexity index is 571. The fourth-order valence-corrected chi connectivity index (χ4v) is 3.27. The van der Waals surface area contributed by atoms with Crippen LogP contribution in [0.15, 0.2) is 30.3 Å². The second kappa shape index (κ2) is 8.85. The molecule has 1 unspecified atom stereocenters. The molecule has 0 bridgehead atoms. The van der Waals surface area contributed by atoms with Crippen molar-refractivity contribution in [2.75, 3.05) is 20.6 Å². The zero-order chi connectivity index (χ0) is 18.3. The summed E-state index contributed by atoms with van der Waals surface area (Å²) in [6.45, 7) is 0.614. The van der Waals surface area contributed by atoms with Crippen molar-refractivity contribution in [3.05, 3.63) is 35.9 Å². The van der Waals surface area contributed by atoms with Crippen LogP contribution in [-0.4, -0.2) is 54.2 Å². The van der Waals surface area contributed by atoms with E-state index in [0.29, 0.717) is 19.4 Å². The lowest BCUT2D eigenvalue weighted by molar-refractivity contribution is -0.137. The Morgan fingerprint density at radius 3 is 2.44 bits per heavy atom. The third-order valence-electron chi connectivity index (χ3n) is 5.18. The van der Waals surface area contributed by atoms with Gasteiger partial charge in [-0.2, -0.15) is 0 Å². The van der Waals surface area contributed by atoms with Crippen molar-refractivity contribution in [3.63, 3.8) is 0 Å². The molecule has 0 spiro atoms. The van der Waals surface area contributed by atoms with E-state index in [0.717, 1.165) is 18.4 Å². The minimum atomic E-state index is -0.846. The van der Waals surface area contributed by atoms with Crippen LogP contribution >= 0.6 is 0 Å². The van der Waals surface area contributed by atoms with Gasteiger partial charge in [0.1, 0.15) is 0 Å². The topological polar surface area (TPSA) is 81.7 Å². The standard InChI is InChI=1S/C19H29N3O3/c1-22(2)19(11-6-12-19)14-20-18(25)21-16(9-10-17(23)24)13-15-7-4-3-5-8-15/h3-5,7-8,16H,6,9-14H2,1-2H3,(H,23,24)(H2,20,21,25). The van der Waals surface area contributed by atoms with Crippen LogP contribution in [0.3, 0.4) is 0 Å². The van der Waals surface area contributed by atoms with E-state index >= 15 is 0 Å². The van der Waals surface area contributed by atoms with E-state index in [-0.39, 0.29) is 24.0 Å². The van der Waals surface area contributed by atoms with Gasteiger partial charge in [0.2, 0.25) is 0 Å². The van der Waals surface area contributed by atoms with Crippen LogP contribution in [0.1, 0.15) is 37.7 Å². The van der Waals surface area contributed by atoms with Gasteiger partial charge in [0.15, 0.2) is 0 Å². The van der Waals surface area contributed by atoms with Gasteiger partial charge in [-0.1, -0.05) is 30.3 Å². The molecule has 2 rings (SSSR count). The lowest BCUT2D eigenvalue weighted by Crippen LogP contribution is -2.58. The van der Waals surface area contributed by atoms with E-state index in [4.69, 9.17) is 5.11 Å². The van der Waals surface area contributed by atoms with Gasteiger partial charge < -0.3 is 20.6 Å². The molecule has 0 aromatic heterocycles. The highest BCUT2D eigenvalue weighted by Crippen LogP contribution is 2.35. The smallest absolute Gasteiger partial charge is 0.315 e. The van der Waals surface area contributed by atoms with Gasteiger partial charge in [-0.15, -0.1) is 0 Å². The number of aliphatic carboxylic acids is 1. The number of benzene rings is 1. The lowest BCUT2D eigenvalue weighted by Gasteiger charge is -2.47. The molecule has 0 heterocycles. The number of carbonyl (C=O) groups is 2. The molecule has 1 aliphatic carbocycles. The SMILES string of the molecule is CN(C)C1(CNC(=O)NC(CCC(=O)O)Cc2ccccc2)CCC1. The van der Waals surface area contributed by atoms with Gasteiger partial charge in [0.05, 0.1) is 0 Å². The second-order valence-corrected chi connectivity index (χ2v) is 7.12. The molecule has 1 fully saturated rings. The molecule has 1 aliphatic rings. The Labute approximate surface area is 149 Å². The number of urea groups is 1. The van der Waals surface area contributed by atoms with Gasteiger partial charge in [0.25, 0.3) is 0 Å². The van der Waals surface area contributed by atoms with Gasteiger partial charge >= 0.3 is 12.0 Å². The zero-order valence-corrected chi connectivity index (χ0v) is 15.1. The first kappa shape index (κ1) is 19.2. The van der Waals surface area contributed by atoms with Crippen LogP contribution < -0.4 is 10.6 Å². The van der Waals surface area contributed by atoms with E-state index in [2.05, 4.69) is 15.5 Å². The molecule has 0 radical (unpaired) electrons. The summed E-state index contributed by atoms with van der Waals surface area (Å²) in [5.74, 6) is -0.846. The summed E-state index contributed by atoms with van der Waals surface area (Å²) < 4.78 is 0. The molecular formula is C19H29N3O3. The Morgan fingerprint density at radius 1 is 1.24 bits per heavy atom. The molecule has 2 amide bonds. The molecule has 6 heteroatoms. The number of likely N-dealkylation sites (N-methyl/N-ethyl adjacent to an activating group) is 1. The van der Waals surface area contributed by atoms with Crippen molar-refractivity contribution in [3.8, 4) is 0 Å². The van der Waals surface area contributed by atoms with Gasteiger partial charge in [-0.05, 0) is 51.8 Å². The number of rotatable bonds is 9. The van der Waals surface area contributed by atoms with Crippen molar-refractivity contribution in [1.82, 2.24) is 15.5 Å². The van der Waals surface area contributed by atoms with Crippen molar-refractivity contribution in [2.24, 2.45) is 0 Å². The van der Waals surface area contributed by atoms with Crippen molar-refractivity contribution in [1.29, 1.82) is 0 Å². The number of nitrogens with zero attached hydrogens (tertiary/aromatic N) is 1. The number of hydrogen-bond acceptors (Lipinski definition) is 3. The summed E-state index contributed by atoms with van der Waals surface area (Å²) in [5, 5.41) is 14.9. The third kappa shape index (κ3) is 5.74. The third-order valence-corrected chi connectivity index (χ3v) is 5.18. The molecule has 138 valence electrons. The van der Waals surface area contributed by atoms with Crippen molar-refractivity contribution < 1.29 is 14.7 Å². The van der Waals surface area contributed by atoms with Crippen LogP contribution in [0.2, 0.25) is 0 Å². The van der Waals surface area contributed by atoms with Crippen LogP contribution in [-0.2, 0) is 11.2 Å². The van der Waals surface area contributed by atoms with E-state index in [9.17, 15) is 9.59 Å². The predicted octanol–water partition coefficient (Wildman–Crippen LogP) is 2.25. The summed E-state index contributed by atoms with van der Waals surface area (Å²) in [5.41, 5.74) is 1.15. The van der Waals surface area contributed by atoms with Gasteiger partial charge in [-0.25, -0.2) is 4.79 Å². The summed E-state index contributed by atoms with van der Waals surface area (Å²) in [6, 6.07) is 9.39. The second-order valence-electron chi connectivity index (χ2n) is 7.12. The Morgan fingerprint density at radius 2 is 1.92 bits per heavy atom. The lowest BCUT2D eigenvalue weighted by atomic mass is 9.75.